The summed E-state index contributed by atoms with van der Waals surface area (Å²) in [6, 6.07) is 10.9. The van der Waals surface area contributed by atoms with Crippen LogP contribution in [0.4, 0.5) is 23.0 Å². The molecule has 48 heavy (non-hydrogen) atoms. The number of pyridine rings is 2. The molecule has 2 saturated heterocycles. The van der Waals surface area contributed by atoms with Crippen LogP contribution in [-0.2, 0) is 11.4 Å². The largest absolute Gasteiger partial charge is 0.494 e. The molecule has 1 aromatic carbocycles. The van der Waals surface area contributed by atoms with Gasteiger partial charge in [0.25, 0.3) is 5.88 Å². The molecule has 2 aliphatic rings. The number of likely N-dealkylation sites (tertiary alicyclic amines) is 1. The molecule has 0 unspecified atom stereocenters. The summed E-state index contributed by atoms with van der Waals surface area (Å²) in [7, 11) is 3.77. The number of hydrogen-bond acceptors (Lipinski definition) is 13. The highest BCUT2D eigenvalue weighted by atomic mass is 16.5. The Hall–Kier alpha value is -5.89. The van der Waals surface area contributed by atoms with Crippen molar-refractivity contribution in [3.63, 3.8) is 0 Å². The Kier molecular flexibility index (Phi) is 8.62. The highest BCUT2D eigenvalue weighted by molar-refractivity contribution is 6.02. The number of nitrogens with zero attached hydrogens (tertiary/aromatic N) is 8. The first-order valence-electron chi connectivity index (χ1n) is 15.4. The summed E-state index contributed by atoms with van der Waals surface area (Å²) >= 11 is 0. The van der Waals surface area contributed by atoms with Crippen molar-refractivity contribution < 1.29 is 19.0 Å². The monoisotopic (exact) mass is 646 g/mol. The van der Waals surface area contributed by atoms with E-state index in [2.05, 4.69) is 64.0 Å². The normalized spacial score (nSPS) is 17.2. The van der Waals surface area contributed by atoms with E-state index in [1.165, 1.54) is 12.4 Å². The van der Waals surface area contributed by atoms with Gasteiger partial charge in [-0.25, -0.2) is 15.0 Å². The number of nitrogens with one attached hydrogen (secondary N) is 2. The highest BCUT2D eigenvalue weighted by Gasteiger charge is 2.39. The molecular formula is C34H34N10O4. The number of benzene rings is 1. The fourth-order valence-corrected chi connectivity index (χ4v) is 6.18. The van der Waals surface area contributed by atoms with Gasteiger partial charge in [0.1, 0.15) is 18.7 Å². The van der Waals surface area contributed by atoms with E-state index < -0.39 is 0 Å². The summed E-state index contributed by atoms with van der Waals surface area (Å²) in [5.41, 5.74) is 3.31. The average molecular weight is 647 g/mol. The van der Waals surface area contributed by atoms with E-state index in [-0.39, 0.29) is 24.3 Å². The number of fused-ring (bicyclic) bond motifs is 2. The third-order valence-corrected chi connectivity index (χ3v) is 8.39. The molecule has 2 aliphatic heterocycles. The molecule has 1 amide bonds. The van der Waals surface area contributed by atoms with Crippen LogP contribution < -0.4 is 29.7 Å². The maximum atomic E-state index is 12.5. The van der Waals surface area contributed by atoms with Crippen LogP contribution in [0.25, 0.3) is 11.0 Å². The molecule has 7 rings (SSSR count). The van der Waals surface area contributed by atoms with Gasteiger partial charge in [0, 0.05) is 74.0 Å². The Morgan fingerprint density at radius 1 is 1.00 bits per heavy atom. The molecule has 4 aromatic heterocycles. The molecule has 2 atom stereocenters. The van der Waals surface area contributed by atoms with E-state index in [4.69, 9.17) is 14.2 Å². The van der Waals surface area contributed by atoms with E-state index in [9.17, 15) is 4.79 Å². The number of carbonyl (C=O) groups excluding carboxylic acids is 1. The maximum Gasteiger partial charge on any atom is 0.260 e. The van der Waals surface area contributed by atoms with Crippen LogP contribution in [-0.4, -0.2) is 81.0 Å². The number of aromatic nitrogens is 6. The van der Waals surface area contributed by atoms with Gasteiger partial charge < -0.3 is 34.6 Å². The number of carbonyl (C=O) groups is 1. The standard InChI is InChI=1S/C34H34N10O4/c1-4-30(45)39-25-11-26(28(46-3)12-27(25)44-17-23-15-43(2)16-24(23)18-44)40-34-37-14-22-10-29(48-31-7-9-36-20-38-31)33(41-32(22)42-34)47-19-21-6-5-8-35-13-21/h4-14,20,23-24H,1,15-19H2,2-3H3,(H,39,45)(H,37,40,41,42)/t23-,24+. The molecule has 0 saturated carbocycles. The topological polar surface area (TPSA) is 153 Å². The second-order valence-electron chi connectivity index (χ2n) is 11.7. The maximum absolute atomic E-state index is 12.5. The molecule has 0 aliphatic carbocycles. The fraction of sp³-hybridized carbons (Fsp3) is 0.265. The summed E-state index contributed by atoms with van der Waals surface area (Å²) in [6.07, 6.45) is 9.28. The predicted molar refractivity (Wildman–Crippen MR) is 180 cm³/mol. The molecule has 2 fully saturated rings. The van der Waals surface area contributed by atoms with Gasteiger partial charge in [-0.2, -0.15) is 9.97 Å². The van der Waals surface area contributed by atoms with Crippen molar-refractivity contribution in [1.29, 1.82) is 0 Å². The molecule has 2 N–H and O–H groups in total. The van der Waals surface area contributed by atoms with Crippen LogP contribution >= 0.6 is 0 Å². The summed E-state index contributed by atoms with van der Waals surface area (Å²) in [5.74, 6) is 2.56. The molecule has 0 radical (unpaired) electrons. The van der Waals surface area contributed by atoms with Gasteiger partial charge in [0.05, 0.1) is 24.2 Å². The minimum atomic E-state index is -0.309. The summed E-state index contributed by atoms with van der Waals surface area (Å²) in [5, 5.41) is 6.85. The second kappa shape index (κ2) is 13.5. The lowest BCUT2D eigenvalue weighted by Crippen LogP contribution is -2.27. The minimum absolute atomic E-state index is 0.209. The number of amides is 1. The van der Waals surface area contributed by atoms with E-state index in [1.54, 1.807) is 44.0 Å². The zero-order valence-corrected chi connectivity index (χ0v) is 26.5. The number of anilines is 4. The molecule has 14 heteroatoms. The first kappa shape index (κ1) is 30.7. The van der Waals surface area contributed by atoms with E-state index >= 15 is 0 Å². The summed E-state index contributed by atoms with van der Waals surface area (Å²) in [6.45, 7) is 7.76. The molecule has 6 heterocycles. The zero-order chi connectivity index (χ0) is 33.0. The highest BCUT2D eigenvalue weighted by Crippen LogP contribution is 2.42. The van der Waals surface area contributed by atoms with Crippen molar-refractivity contribution in [2.45, 2.75) is 6.61 Å². The lowest BCUT2D eigenvalue weighted by atomic mass is 10.0. The molecule has 5 aromatic rings. The molecule has 0 bridgehead atoms. The van der Waals surface area contributed by atoms with Crippen LogP contribution in [0.2, 0.25) is 0 Å². The first-order valence-corrected chi connectivity index (χ1v) is 15.4. The van der Waals surface area contributed by atoms with Crippen LogP contribution in [0.1, 0.15) is 5.56 Å². The third kappa shape index (κ3) is 6.64. The van der Waals surface area contributed by atoms with Crippen LogP contribution in [0.5, 0.6) is 23.3 Å². The second-order valence-corrected chi connectivity index (χ2v) is 11.7. The average Bonchev–Trinajstić information content (AvgIpc) is 3.66. The van der Waals surface area contributed by atoms with Crippen molar-refractivity contribution in [2.24, 2.45) is 11.8 Å². The van der Waals surface area contributed by atoms with E-state index in [1.807, 2.05) is 24.3 Å². The predicted octanol–water partition coefficient (Wildman–Crippen LogP) is 4.46. The Labute approximate surface area is 276 Å². The van der Waals surface area contributed by atoms with Gasteiger partial charge in [-0.15, -0.1) is 0 Å². The molecule has 14 nitrogen and oxygen atoms in total. The Balaban J connectivity index is 1.20. The fourth-order valence-electron chi connectivity index (χ4n) is 6.18. The Morgan fingerprint density at radius 3 is 2.58 bits per heavy atom. The Bertz CT molecular complexity index is 1930. The Morgan fingerprint density at radius 2 is 1.85 bits per heavy atom. The quantitative estimate of drug-likeness (QED) is 0.195. The van der Waals surface area contributed by atoms with Crippen LogP contribution in [0.15, 0.2) is 80.2 Å². The van der Waals surface area contributed by atoms with Crippen molar-refractivity contribution in [3.8, 4) is 23.3 Å². The van der Waals surface area contributed by atoms with Gasteiger partial charge in [-0.05, 0) is 43.2 Å². The van der Waals surface area contributed by atoms with Gasteiger partial charge >= 0.3 is 0 Å². The number of ether oxygens (including phenoxy) is 3. The van der Waals surface area contributed by atoms with Gasteiger partial charge in [-0.3, -0.25) is 9.78 Å². The number of methoxy groups -OCH3 is 1. The SMILES string of the molecule is C=CC(=O)Nc1cc(Nc2ncc3cc(Oc4ccncn4)c(OCc4cccnc4)nc3n2)c(OC)cc1N1C[C@H]2CN(C)C[C@H]2C1. The van der Waals surface area contributed by atoms with E-state index in [0.29, 0.717) is 51.6 Å². The smallest absolute Gasteiger partial charge is 0.260 e. The summed E-state index contributed by atoms with van der Waals surface area (Å²) in [4.78, 5) is 43.4. The van der Waals surface area contributed by atoms with Crippen LogP contribution in [0.3, 0.4) is 0 Å². The molecule has 244 valence electrons. The van der Waals surface area contributed by atoms with Crippen molar-refractivity contribution in [3.05, 3.63) is 85.7 Å². The lowest BCUT2D eigenvalue weighted by Gasteiger charge is -2.26. The molecule has 0 spiro atoms. The summed E-state index contributed by atoms with van der Waals surface area (Å²) < 4.78 is 17.9. The zero-order valence-electron chi connectivity index (χ0n) is 26.5. The van der Waals surface area contributed by atoms with Crippen LogP contribution in [0, 0.1) is 11.8 Å². The van der Waals surface area contributed by atoms with Gasteiger partial charge in [0.2, 0.25) is 17.7 Å². The first-order chi connectivity index (χ1) is 23.4. The lowest BCUT2D eigenvalue weighted by molar-refractivity contribution is -0.111. The van der Waals surface area contributed by atoms with Crippen molar-refractivity contribution in [2.75, 3.05) is 55.9 Å². The number of rotatable bonds is 11. The third-order valence-electron chi connectivity index (χ3n) is 8.39. The van der Waals surface area contributed by atoms with E-state index in [0.717, 1.165) is 37.4 Å². The minimum Gasteiger partial charge on any atom is -0.494 e. The van der Waals surface area contributed by atoms with Crippen molar-refractivity contribution >= 4 is 40.0 Å². The van der Waals surface area contributed by atoms with Gasteiger partial charge in [-0.1, -0.05) is 12.6 Å². The van der Waals surface area contributed by atoms with Gasteiger partial charge in [0.15, 0.2) is 11.4 Å². The molecular weight excluding hydrogens is 612 g/mol. The van der Waals surface area contributed by atoms with Crippen molar-refractivity contribution in [1.82, 2.24) is 34.8 Å². The number of hydrogen-bond donors (Lipinski definition) is 2.